The highest BCUT2D eigenvalue weighted by atomic mass is 32.2. The van der Waals surface area contributed by atoms with E-state index >= 15 is 0 Å². The van der Waals surface area contributed by atoms with Gasteiger partial charge in [0, 0.05) is 29.1 Å². The van der Waals surface area contributed by atoms with Gasteiger partial charge in [0.25, 0.3) is 5.56 Å². The number of benzene rings is 2. The number of nitrogens with one attached hydrogen (secondary N) is 1. The van der Waals surface area contributed by atoms with E-state index in [4.69, 9.17) is 4.74 Å². The lowest BCUT2D eigenvalue weighted by molar-refractivity contribution is 0.315. The van der Waals surface area contributed by atoms with Crippen molar-refractivity contribution < 1.29 is 13.2 Å². The normalized spacial score (nSPS) is 15.1. The molecule has 7 heteroatoms. The Bertz CT molecular complexity index is 1180. The molecule has 6 nitrogen and oxygen atoms in total. The third-order valence-electron chi connectivity index (χ3n) is 5.61. The van der Waals surface area contributed by atoms with Gasteiger partial charge in [0.15, 0.2) is 0 Å². The fraction of sp³-hybridized carbons (Fsp3) is 0.348. The second-order valence-electron chi connectivity index (χ2n) is 7.61. The number of fused-ring (bicyclic) bond motifs is 1. The van der Waals surface area contributed by atoms with E-state index in [1.54, 1.807) is 42.5 Å². The highest BCUT2D eigenvalue weighted by molar-refractivity contribution is 7.89. The van der Waals surface area contributed by atoms with Crippen LogP contribution in [0.3, 0.4) is 0 Å². The molecule has 1 saturated carbocycles. The molecule has 0 bridgehead atoms. The first-order chi connectivity index (χ1) is 14.5. The van der Waals surface area contributed by atoms with Crippen LogP contribution in [0.1, 0.15) is 38.2 Å². The summed E-state index contributed by atoms with van der Waals surface area (Å²) >= 11 is 0. The van der Waals surface area contributed by atoms with Crippen LogP contribution in [0.25, 0.3) is 10.9 Å². The Morgan fingerprint density at radius 1 is 1.07 bits per heavy atom. The molecule has 0 unspecified atom stereocenters. The molecule has 158 valence electrons. The number of ether oxygens (including phenoxy) is 1. The molecule has 0 radical (unpaired) electrons. The van der Waals surface area contributed by atoms with Crippen molar-refractivity contribution in [3.63, 3.8) is 0 Å². The first kappa shape index (κ1) is 20.6. The molecular formula is C23H26N2O4S. The predicted molar refractivity (Wildman–Crippen MR) is 117 cm³/mol. The van der Waals surface area contributed by atoms with E-state index in [9.17, 15) is 13.2 Å². The maximum Gasteiger partial charge on any atom is 0.252 e. The number of hydrogen-bond acceptors (Lipinski definition) is 4. The number of rotatable bonds is 7. The van der Waals surface area contributed by atoms with Crippen molar-refractivity contribution in [1.29, 1.82) is 0 Å². The van der Waals surface area contributed by atoms with Crippen molar-refractivity contribution in [2.75, 3.05) is 6.61 Å². The second kappa shape index (κ2) is 8.62. The number of pyridine rings is 1. The fourth-order valence-corrected chi connectivity index (χ4v) is 5.79. The summed E-state index contributed by atoms with van der Waals surface area (Å²) in [5.74, 6) is 0.715. The van der Waals surface area contributed by atoms with Gasteiger partial charge in [0.1, 0.15) is 5.75 Å². The van der Waals surface area contributed by atoms with Crippen molar-refractivity contribution in [3.8, 4) is 5.75 Å². The summed E-state index contributed by atoms with van der Waals surface area (Å²) in [5, 5.41) is 0.819. The van der Waals surface area contributed by atoms with Crippen LogP contribution in [0.15, 0.2) is 64.3 Å². The molecular weight excluding hydrogens is 400 g/mol. The number of sulfonamides is 1. The maximum absolute atomic E-state index is 13.4. The van der Waals surface area contributed by atoms with Crippen LogP contribution in [0.4, 0.5) is 0 Å². The van der Waals surface area contributed by atoms with Crippen LogP contribution < -0.4 is 10.3 Å². The number of H-pyrrole nitrogens is 1. The van der Waals surface area contributed by atoms with Gasteiger partial charge in [0.05, 0.1) is 11.5 Å². The quantitative estimate of drug-likeness (QED) is 0.618. The lowest BCUT2D eigenvalue weighted by Gasteiger charge is -2.28. The smallest absolute Gasteiger partial charge is 0.252 e. The SMILES string of the molecule is CCOc1ccc2[nH]c(=O)c(CN(C3CCCC3)S(=O)(=O)c3ccccc3)cc2c1. The van der Waals surface area contributed by atoms with E-state index in [1.165, 1.54) is 4.31 Å². The molecule has 1 aromatic heterocycles. The topological polar surface area (TPSA) is 79.5 Å². The van der Waals surface area contributed by atoms with Gasteiger partial charge in [-0.05, 0) is 56.2 Å². The van der Waals surface area contributed by atoms with Gasteiger partial charge in [-0.15, -0.1) is 0 Å². The van der Waals surface area contributed by atoms with Gasteiger partial charge in [-0.1, -0.05) is 31.0 Å². The second-order valence-corrected chi connectivity index (χ2v) is 9.50. The van der Waals surface area contributed by atoms with E-state index < -0.39 is 10.0 Å². The van der Waals surface area contributed by atoms with E-state index in [0.29, 0.717) is 23.4 Å². The molecule has 1 fully saturated rings. The average Bonchev–Trinajstić information content (AvgIpc) is 3.27. The zero-order valence-electron chi connectivity index (χ0n) is 17.0. The molecule has 4 rings (SSSR count). The van der Waals surface area contributed by atoms with Crippen LogP contribution >= 0.6 is 0 Å². The van der Waals surface area contributed by atoms with Crippen molar-refractivity contribution >= 4 is 20.9 Å². The highest BCUT2D eigenvalue weighted by Crippen LogP contribution is 2.30. The Labute approximate surface area is 176 Å². The summed E-state index contributed by atoms with van der Waals surface area (Å²) in [6.45, 7) is 2.51. The van der Waals surface area contributed by atoms with Crippen molar-refractivity contribution in [1.82, 2.24) is 9.29 Å². The lowest BCUT2D eigenvalue weighted by Crippen LogP contribution is -2.39. The summed E-state index contributed by atoms with van der Waals surface area (Å²) in [4.78, 5) is 15.9. The molecule has 1 N–H and O–H groups in total. The molecule has 0 aliphatic heterocycles. The molecule has 2 aromatic carbocycles. The molecule has 1 heterocycles. The monoisotopic (exact) mass is 426 g/mol. The third kappa shape index (κ3) is 4.13. The maximum atomic E-state index is 13.4. The first-order valence-electron chi connectivity index (χ1n) is 10.3. The van der Waals surface area contributed by atoms with Crippen molar-refractivity contribution in [2.45, 2.75) is 50.1 Å². The molecule has 0 spiro atoms. The highest BCUT2D eigenvalue weighted by Gasteiger charge is 2.33. The van der Waals surface area contributed by atoms with Crippen LogP contribution in [-0.4, -0.2) is 30.4 Å². The van der Waals surface area contributed by atoms with Gasteiger partial charge in [0.2, 0.25) is 10.0 Å². The Balaban J connectivity index is 1.75. The lowest BCUT2D eigenvalue weighted by atomic mass is 10.1. The van der Waals surface area contributed by atoms with E-state index in [0.717, 1.165) is 31.1 Å². The molecule has 3 aromatic rings. The molecule has 30 heavy (non-hydrogen) atoms. The third-order valence-corrected chi connectivity index (χ3v) is 7.52. The largest absolute Gasteiger partial charge is 0.494 e. The van der Waals surface area contributed by atoms with Crippen LogP contribution in [0.2, 0.25) is 0 Å². The zero-order chi connectivity index (χ0) is 21.1. The zero-order valence-corrected chi connectivity index (χ0v) is 17.8. The minimum absolute atomic E-state index is 0.0476. The van der Waals surface area contributed by atoms with Gasteiger partial charge in [-0.3, -0.25) is 4.79 Å². The van der Waals surface area contributed by atoms with E-state index in [1.807, 2.05) is 19.1 Å². The summed E-state index contributed by atoms with van der Waals surface area (Å²) in [6, 6.07) is 15.6. The number of aromatic nitrogens is 1. The van der Waals surface area contributed by atoms with E-state index in [-0.39, 0.29) is 23.0 Å². The number of hydrogen-bond donors (Lipinski definition) is 1. The summed E-state index contributed by atoms with van der Waals surface area (Å²) in [5.41, 5.74) is 0.867. The number of nitrogens with zero attached hydrogens (tertiary/aromatic N) is 1. The summed E-state index contributed by atoms with van der Waals surface area (Å²) in [6.07, 6.45) is 3.62. The minimum atomic E-state index is -3.71. The van der Waals surface area contributed by atoms with Crippen molar-refractivity contribution in [2.24, 2.45) is 0 Å². The van der Waals surface area contributed by atoms with Crippen LogP contribution in [0, 0.1) is 0 Å². The van der Waals surface area contributed by atoms with Gasteiger partial charge in [-0.25, -0.2) is 8.42 Å². The fourth-order valence-electron chi connectivity index (χ4n) is 4.10. The molecule has 1 aliphatic rings. The summed E-state index contributed by atoms with van der Waals surface area (Å²) in [7, 11) is -3.71. The van der Waals surface area contributed by atoms with Crippen LogP contribution in [-0.2, 0) is 16.6 Å². The first-order valence-corrected chi connectivity index (χ1v) is 11.8. The van der Waals surface area contributed by atoms with E-state index in [2.05, 4.69) is 4.98 Å². The average molecular weight is 427 g/mol. The Hall–Kier alpha value is -2.64. The Kier molecular flexibility index (Phi) is 5.92. The Morgan fingerprint density at radius 3 is 2.50 bits per heavy atom. The molecule has 0 amide bonds. The molecule has 0 saturated heterocycles. The van der Waals surface area contributed by atoms with Crippen molar-refractivity contribution in [3.05, 3.63) is 70.5 Å². The minimum Gasteiger partial charge on any atom is -0.494 e. The van der Waals surface area contributed by atoms with Crippen LogP contribution in [0.5, 0.6) is 5.75 Å². The number of aromatic amines is 1. The van der Waals surface area contributed by atoms with Gasteiger partial charge < -0.3 is 9.72 Å². The standard InChI is InChI=1S/C23H26N2O4S/c1-2-29-20-12-13-22-17(15-20)14-18(23(26)24-22)16-25(19-8-6-7-9-19)30(27,28)21-10-4-3-5-11-21/h3-5,10-15,19H,2,6-9,16H2,1H3,(H,24,26). The predicted octanol–water partition coefficient (Wildman–Crippen LogP) is 4.06. The summed E-state index contributed by atoms with van der Waals surface area (Å²) < 4.78 is 33.9. The molecule has 1 aliphatic carbocycles. The van der Waals surface area contributed by atoms with Gasteiger partial charge in [-0.2, -0.15) is 4.31 Å². The molecule has 0 atom stereocenters. The Morgan fingerprint density at radius 2 is 1.80 bits per heavy atom. The van der Waals surface area contributed by atoms with Gasteiger partial charge >= 0.3 is 0 Å².